The SMILES string of the molecule is COc1ccc(N2Cc3c(ncnc3N3CCOCC3)N(C)CC2=O)cc1. The van der Waals surface area contributed by atoms with E-state index in [-0.39, 0.29) is 12.5 Å². The molecule has 1 amide bonds. The van der Waals surface area contributed by atoms with Crippen LogP contribution in [0.25, 0.3) is 0 Å². The van der Waals surface area contributed by atoms with Crippen molar-refractivity contribution in [3.05, 3.63) is 36.2 Å². The number of fused-ring (bicyclic) bond motifs is 1. The predicted octanol–water partition coefficient (Wildman–Crippen LogP) is 1.30. The molecule has 8 nitrogen and oxygen atoms in total. The van der Waals surface area contributed by atoms with Gasteiger partial charge in [-0.15, -0.1) is 0 Å². The van der Waals surface area contributed by atoms with Gasteiger partial charge in [-0.25, -0.2) is 9.97 Å². The third-order valence-electron chi connectivity index (χ3n) is 4.95. The van der Waals surface area contributed by atoms with Crippen molar-refractivity contribution in [3.63, 3.8) is 0 Å². The lowest BCUT2D eigenvalue weighted by atomic mass is 10.2. The molecule has 1 aromatic carbocycles. The Bertz CT molecular complexity index is 821. The lowest BCUT2D eigenvalue weighted by Gasteiger charge is -2.30. The highest BCUT2D eigenvalue weighted by molar-refractivity contribution is 5.98. The van der Waals surface area contributed by atoms with Gasteiger partial charge in [-0.3, -0.25) is 4.79 Å². The molecule has 2 aromatic rings. The average molecular weight is 369 g/mol. The minimum absolute atomic E-state index is 0.0218. The summed E-state index contributed by atoms with van der Waals surface area (Å²) in [5, 5.41) is 0. The second kappa shape index (κ2) is 7.40. The first-order valence-electron chi connectivity index (χ1n) is 8.99. The quantitative estimate of drug-likeness (QED) is 0.808. The van der Waals surface area contributed by atoms with E-state index in [9.17, 15) is 4.79 Å². The van der Waals surface area contributed by atoms with Crippen LogP contribution < -0.4 is 19.4 Å². The smallest absolute Gasteiger partial charge is 0.246 e. The van der Waals surface area contributed by atoms with Gasteiger partial charge in [0, 0.05) is 25.8 Å². The van der Waals surface area contributed by atoms with E-state index < -0.39 is 0 Å². The number of carbonyl (C=O) groups excluding carboxylic acids is 1. The molecular weight excluding hydrogens is 346 g/mol. The molecule has 4 rings (SSSR count). The van der Waals surface area contributed by atoms with Crippen LogP contribution in [0.4, 0.5) is 17.3 Å². The molecule has 2 aliphatic rings. The van der Waals surface area contributed by atoms with E-state index in [0.29, 0.717) is 19.8 Å². The Balaban J connectivity index is 1.73. The Morgan fingerprint density at radius 2 is 1.74 bits per heavy atom. The lowest BCUT2D eigenvalue weighted by Crippen LogP contribution is -2.38. The standard InChI is InChI=1S/C19H23N5O3/c1-22-12-17(25)24(14-3-5-15(26-2)6-4-14)11-16-18(22)20-13-21-19(16)23-7-9-27-10-8-23/h3-6,13H,7-12H2,1-2H3. The number of anilines is 3. The normalized spacial score (nSPS) is 17.6. The summed E-state index contributed by atoms with van der Waals surface area (Å²) in [6, 6.07) is 7.53. The summed E-state index contributed by atoms with van der Waals surface area (Å²) in [4.78, 5) is 27.8. The Morgan fingerprint density at radius 1 is 1.04 bits per heavy atom. The zero-order valence-corrected chi connectivity index (χ0v) is 15.6. The molecule has 1 aromatic heterocycles. The molecular formula is C19H23N5O3. The number of aromatic nitrogens is 2. The number of rotatable bonds is 3. The molecule has 0 bridgehead atoms. The van der Waals surface area contributed by atoms with E-state index in [1.165, 1.54) is 0 Å². The predicted molar refractivity (Wildman–Crippen MR) is 103 cm³/mol. The third kappa shape index (κ3) is 3.40. The highest BCUT2D eigenvalue weighted by atomic mass is 16.5. The fourth-order valence-corrected chi connectivity index (χ4v) is 3.52. The van der Waals surface area contributed by atoms with Crippen molar-refractivity contribution in [2.45, 2.75) is 6.54 Å². The Morgan fingerprint density at radius 3 is 2.44 bits per heavy atom. The first-order valence-corrected chi connectivity index (χ1v) is 8.99. The van der Waals surface area contributed by atoms with Gasteiger partial charge in [-0.05, 0) is 24.3 Å². The van der Waals surface area contributed by atoms with Crippen LogP contribution in [-0.2, 0) is 16.1 Å². The highest BCUT2D eigenvalue weighted by Gasteiger charge is 2.30. The Hall–Kier alpha value is -2.87. The average Bonchev–Trinajstić information content (AvgIpc) is 2.84. The summed E-state index contributed by atoms with van der Waals surface area (Å²) < 4.78 is 10.7. The van der Waals surface area contributed by atoms with Crippen molar-refractivity contribution in [2.24, 2.45) is 0 Å². The van der Waals surface area contributed by atoms with E-state index in [2.05, 4.69) is 14.9 Å². The molecule has 8 heteroatoms. The van der Waals surface area contributed by atoms with Gasteiger partial charge in [-0.1, -0.05) is 0 Å². The lowest BCUT2D eigenvalue weighted by molar-refractivity contribution is -0.117. The largest absolute Gasteiger partial charge is 0.497 e. The topological polar surface area (TPSA) is 71.0 Å². The second-order valence-electron chi connectivity index (χ2n) is 6.63. The molecule has 0 unspecified atom stereocenters. The van der Waals surface area contributed by atoms with Gasteiger partial charge in [0.2, 0.25) is 5.91 Å². The molecule has 2 aliphatic heterocycles. The fourth-order valence-electron chi connectivity index (χ4n) is 3.52. The van der Waals surface area contributed by atoms with Crippen LogP contribution in [0.15, 0.2) is 30.6 Å². The molecule has 0 aliphatic carbocycles. The first-order chi connectivity index (χ1) is 13.2. The maximum Gasteiger partial charge on any atom is 0.246 e. The number of amides is 1. The van der Waals surface area contributed by atoms with Gasteiger partial charge < -0.3 is 24.2 Å². The summed E-state index contributed by atoms with van der Waals surface area (Å²) in [5.74, 6) is 2.46. The number of methoxy groups -OCH3 is 1. The molecule has 142 valence electrons. The Kier molecular flexibility index (Phi) is 4.81. The van der Waals surface area contributed by atoms with Crippen LogP contribution in [0.3, 0.4) is 0 Å². The van der Waals surface area contributed by atoms with Gasteiger partial charge in [0.15, 0.2) is 0 Å². The maximum absolute atomic E-state index is 12.9. The number of benzene rings is 1. The van der Waals surface area contributed by atoms with E-state index >= 15 is 0 Å². The van der Waals surface area contributed by atoms with Gasteiger partial charge in [0.05, 0.1) is 39.0 Å². The number of hydrogen-bond donors (Lipinski definition) is 0. The molecule has 1 saturated heterocycles. The van der Waals surface area contributed by atoms with Crippen LogP contribution in [0, 0.1) is 0 Å². The van der Waals surface area contributed by atoms with Crippen LogP contribution >= 0.6 is 0 Å². The monoisotopic (exact) mass is 369 g/mol. The minimum Gasteiger partial charge on any atom is -0.497 e. The van der Waals surface area contributed by atoms with Gasteiger partial charge >= 0.3 is 0 Å². The van der Waals surface area contributed by atoms with E-state index in [1.54, 1.807) is 18.3 Å². The van der Waals surface area contributed by atoms with Crippen molar-refractivity contribution in [1.82, 2.24) is 9.97 Å². The zero-order chi connectivity index (χ0) is 18.8. The van der Waals surface area contributed by atoms with Crippen molar-refractivity contribution >= 4 is 23.2 Å². The molecule has 27 heavy (non-hydrogen) atoms. The second-order valence-corrected chi connectivity index (χ2v) is 6.63. The number of likely N-dealkylation sites (N-methyl/N-ethyl adjacent to an activating group) is 1. The van der Waals surface area contributed by atoms with Gasteiger partial charge in [0.1, 0.15) is 23.7 Å². The Labute approximate surface area is 158 Å². The summed E-state index contributed by atoms with van der Waals surface area (Å²) in [6.45, 7) is 3.61. The van der Waals surface area contributed by atoms with Crippen molar-refractivity contribution in [1.29, 1.82) is 0 Å². The summed E-state index contributed by atoms with van der Waals surface area (Å²) in [7, 11) is 3.52. The first kappa shape index (κ1) is 17.5. The molecule has 0 N–H and O–H groups in total. The van der Waals surface area contributed by atoms with Crippen molar-refractivity contribution in [3.8, 4) is 5.75 Å². The summed E-state index contributed by atoms with van der Waals surface area (Å²) in [5.41, 5.74) is 1.79. The van der Waals surface area contributed by atoms with Crippen LogP contribution in [0.2, 0.25) is 0 Å². The minimum atomic E-state index is 0.0218. The molecule has 0 radical (unpaired) electrons. The fraction of sp³-hybridized carbons (Fsp3) is 0.421. The van der Waals surface area contributed by atoms with Crippen molar-refractivity contribution < 1.29 is 14.3 Å². The summed E-state index contributed by atoms with van der Waals surface area (Å²) in [6.07, 6.45) is 1.58. The zero-order valence-electron chi connectivity index (χ0n) is 15.6. The van der Waals surface area contributed by atoms with Crippen LogP contribution in [0.5, 0.6) is 5.75 Å². The van der Waals surface area contributed by atoms with Crippen LogP contribution in [-0.4, -0.2) is 62.9 Å². The number of carbonyl (C=O) groups is 1. The molecule has 0 atom stereocenters. The van der Waals surface area contributed by atoms with E-state index in [1.807, 2.05) is 36.2 Å². The highest BCUT2D eigenvalue weighted by Crippen LogP contribution is 2.32. The number of hydrogen-bond acceptors (Lipinski definition) is 7. The number of nitrogens with zero attached hydrogens (tertiary/aromatic N) is 5. The molecule has 0 spiro atoms. The van der Waals surface area contributed by atoms with Crippen molar-refractivity contribution in [2.75, 3.05) is 61.7 Å². The van der Waals surface area contributed by atoms with E-state index in [0.717, 1.165) is 41.7 Å². The van der Waals surface area contributed by atoms with Gasteiger partial charge in [0.25, 0.3) is 0 Å². The number of morpholine rings is 1. The van der Waals surface area contributed by atoms with Gasteiger partial charge in [-0.2, -0.15) is 0 Å². The molecule has 0 saturated carbocycles. The molecule has 1 fully saturated rings. The molecule has 3 heterocycles. The summed E-state index contributed by atoms with van der Waals surface area (Å²) >= 11 is 0. The van der Waals surface area contributed by atoms with E-state index in [4.69, 9.17) is 9.47 Å². The number of ether oxygens (including phenoxy) is 2. The maximum atomic E-state index is 12.9. The third-order valence-corrected chi connectivity index (χ3v) is 4.95. The van der Waals surface area contributed by atoms with Crippen LogP contribution in [0.1, 0.15) is 5.56 Å².